The standard InChI is InChI=1S/2C17H19ClN2O.H2O4S/c2*1-20(2,11-13-6-4-3-5-7-13)12-17(21)14-8-9-16(19)15(18)10-14;1-5(2,3)4/h2*3-10H,11-12H2,1-2H3,(H-,19,21);(H2,1,2,3,4). The Morgan fingerprint density at radius 1 is 0.617 bits per heavy atom. The van der Waals surface area contributed by atoms with Crippen LogP contribution in [0.5, 0.6) is 0 Å². The Morgan fingerprint density at radius 2 is 0.915 bits per heavy atom. The van der Waals surface area contributed by atoms with Gasteiger partial charge in [-0.25, -0.2) is 0 Å². The molecular weight excluding hydrogens is 663 g/mol. The van der Waals surface area contributed by atoms with E-state index in [1.54, 1.807) is 36.4 Å². The number of hydrogen-bond acceptors (Lipinski definition) is 8. The molecule has 0 atom stereocenters. The molecule has 0 saturated carbocycles. The molecule has 0 fully saturated rings. The van der Waals surface area contributed by atoms with Crippen molar-refractivity contribution in [2.75, 3.05) is 52.7 Å². The van der Waals surface area contributed by atoms with Crippen molar-refractivity contribution in [1.29, 1.82) is 0 Å². The summed E-state index contributed by atoms with van der Waals surface area (Å²) in [5, 5.41) is 0.850. The Kier molecular flexibility index (Phi) is 14.6. The van der Waals surface area contributed by atoms with Crippen molar-refractivity contribution in [2.24, 2.45) is 0 Å². The van der Waals surface area contributed by atoms with E-state index in [-0.39, 0.29) is 11.6 Å². The fourth-order valence-corrected chi connectivity index (χ4v) is 4.99. The van der Waals surface area contributed by atoms with Gasteiger partial charge in [-0.15, -0.1) is 0 Å². The lowest BCUT2D eigenvalue weighted by molar-refractivity contribution is -0.895. The van der Waals surface area contributed by atoms with Gasteiger partial charge >= 0.3 is 0 Å². The van der Waals surface area contributed by atoms with Crippen molar-refractivity contribution in [3.63, 3.8) is 0 Å². The zero-order chi connectivity index (χ0) is 35.4. The highest BCUT2D eigenvalue weighted by Crippen LogP contribution is 2.22. The average molecular weight is 704 g/mol. The summed E-state index contributed by atoms with van der Waals surface area (Å²) in [4.78, 5) is 24.8. The van der Waals surface area contributed by atoms with Crippen LogP contribution in [0.15, 0.2) is 97.1 Å². The van der Waals surface area contributed by atoms with Gasteiger partial charge in [-0.2, -0.15) is 0 Å². The van der Waals surface area contributed by atoms with Crippen LogP contribution < -0.4 is 11.5 Å². The minimum Gasteiger partial charge on any atom is -0.759 e. The lowest BCUT2D eigenvalue weighted by Gasteiger charge is -2.29. The molecule has 0 spiro atoms. The number of likely N-dealkylation sites (N-methyl/N-ethyl adjacent to an activating group) is 2. The van der Waals surface area contributed by atoms with E-state index in [9.17, 15) is 9.59 Å². The molecule has 0 heterocycles. The average Bonchev–Trinajstić information content (AvgIpc) is 2.95. The van der Waals surface area contributed by atoms with Gasteiger partial charge in [0.2, 0.25) is 11.6 Å². The molecular formula is C34H40Cl2N4O6S. The number of quaternary nitrogens is 2. The maximum atomic E-state index is 12.4. The topological polar surface area (TPSA) is 166 Å². The van der Waals surface area contributed by atoms with Crippen LogP contribution in [0.25, 0.3) is 0 Å². The highest BCUT2D eigenvalue weighted by atomic mass is 35.5. The van der Waals surface area contributed by atoms with E-state index in [1.807, 2.05) is 64.6 Å². The molecule has 4 aromatic rings. The molecule has 4 aromatic carbocycles. The molecule has 0 aromatic heterocycles. The zero-order valence-electron chi connectivity index (χ0n) is 26.7. The van der Waals surface area contributed by atoms with Gasteiger partial charge in [0.1, 0.15) is 26.2 Å². The third-order valence-electron chi connectivity index (χ3n) is 6.69. The SMILES string of the molecule is C[N+](C)(CC(=O)c1ccc(N)c(Cl)c1)Cc1ccccc1.C[N+](C)(CC(=O)c1ccc(N)c(Cl)c1)Cc1ccccc1.O=S(=O)([O-])[O-]. The Morgan fingerprint density at radius 3 is 1.19 bits per heavy atom. The van der Waals surface area contributed by atoms with E-state index in [0.717, 1.165) is 13.1 Å². The molecule has 0 bridgehead atoms. The summed E-state index contributed by atoms with van der Waals surface area (Å²) in [6.45, 7) is 2.43. The second-order valence-electron chi connectivity index (χ2n) is 12.2. The van der Waals surface area contributed by atoms with Gasteiger partial charge in [0, 0.05) is 32.7 Å². The van der Waals surface area contributed by atoms with Crippen molar-refractivity contribution in [1.82, 2.24) is 0 Å². The summed E-state index contributed by atoms with van der Waals surface area (Å²) in [6.07, 6.45) is 0. The number of nitrogens with zero attached hydrogens (tertiary/aromatic N) is 2. The van der Waals surface area contributed by atoms with Gasteiger partial charge in [-0.05, 0) is 36.4 Å². The van der Waals surface area contributed by atoms with Crippen LogP contribution in [0.3, 0.4) is 0 Å². The number of carbonyl (C=O) groups is 2. The molecule has 0 amide bonds. The minimum atomic E-state index is -5.17. The van der Waals surface area contributed by atoms with Crippen molar-refractivity contribution < 1.29 is 36.1 Å². The van der Waals surface area contributed by atoms with Crippen LogP contribution in [-0.2, 0) is 23.5 Å². The third-order valence-corrected chi connectivity index (χ3v) is 7.35. The molecule has 0 aliphatic carbocycles. The molecule has 0 saturated heterocycles. The largest absolute Gasteiger partial charge is 0.759 e. The summed E-state index contributed by atoms with van der Waals surface area (Å²) in [6, 6.07) is 30.4. The fraction of sp³-hybridized carbons (Fsp3) is 0.235. The normalized spacial score (nSPS) is 11.4. The first-order valence-corrected chi connectivity index (χ1v) is 16.4. The van der Waals surface area contributed by atoms with E-state index < -0.39 is 10.4 Å². The van der Waals surface area contributed by atoms with E-state index in [2.05, 4.69) is 24.3 Å². The lowest BCUT2D eigenvalue weighted by atomic mass is 10.1. The maximum absolute atomic E-state index is 12.4. The van der Waals surface area contributed by atoms with Crippen LogP contribution in [0.2, 0.25) is 10.0 Å². The second kappa shape index (κ2) is 17.4. The number of rotatable bonds is 10. The predicted molar refractivity (Wildman–Crippen MR) is 185 cm³/mol. The summed E-state index contributed by atoms with van der Waals surface area (Å²) in [5.74, 6) is 0.135. The molecule has 4 N–H and O–H groups in total. The Hall–Kier alpha value is -3.81. The van der Waals surface area contributed by atoms with E-state index in [4.69, 9.17) is 52.2 Å². The van der Waals surface area contributed by atoms with E-state index >= 15 is 0 Å². The van der Waals surface area contributed by atoms with Crippen LogP contribution in [0, 0.1) is 0 Å². The second-order valence-corrected chi connectivity index (χ2v) is 13.8. The Balaban J connectivity index is 0.000000286. The third kappa shape index (κ3) is 15.6. The molecule has 47 heavy (non-hydrogen) atoms. The molecule has 13 heteroatoms. The number of nitrogen functional groups attached to an aromatic ring is 2. The number of halogens is 2. The first kappa shape index (κ1) is 39.4. The summed E-state index contributed by atoms with van der Waals surface area (Å²) >= 11 is 12.0. The highest BCUT2D eigenvalue weighted by molar-refractivity contribution is 7.79. The van der Waals surface area contributed by atoms with Crippen LogP contribution in [0.1, 0.15) is 31.8 Å². The number of carbonyl (C=O) groups excluding carboxylic acids is 2. The Bertz CT molecular complexity index is 1630. The molecule has 0 aliphatic heterocycles. The monoisotopic (exact) mass is 702 g/mol. The molecule has 0 radical (unpaired) electrons. The Labute approximate surface area is 286 Å². The summed E-state index contributed by atoms with van der Waals surface area (Å²) < 4.78 is 35.3. The lowest BCUT2D eigenvalue weighted by Crippen LogP contribution is -2.43. The molecule has 10 nitrogen and oxygen atoms in total. The minimum absolute atomic E-state index is 0.0674. The first-order valence-electron chi connectivity index (χ1n) is 14.3. The molecule has 0 unspecified atom stereocenters. The van der Waals surface area contributed by atoms with Gasteiger partial charge in [-0.3, -0.25) is 18.0 Å². The van der Waals surface area contributed by atoms with Crippen LogP contribution in [-0.4, -0.2) is 79.3 Å². The number of hydrogen-bond donors (Lipinski definition) is 2. The molecule has 4 rings (SSSR count). The van der Waals surface area contributed by atoms with Crippen molar-refractivity contribution in [2.45, 2.75) is 13.1 Å². The zero-order valence-corrected chi connectivity index (χ0v) is 29.1. The van der Waals surface area contributed by atoms with Crippen LogP contribution in [0.4, 0.5) is 11.4 Å². The number of ketones is 2. The number of benzene rings is 4. The fourth-order valence-electron chi connectivity index (χ4n) is 4.63. The van der Waals surface area contributed by atoms with Gasteiger partial charge in [0.05, 0.1) is 49.6 Å². The van der Waals surface area contributed by atoms with Gasteiger partial charge in [-0.1, -0.05) is 83.9 Å². The van der Waals surface area contributed by atoms with Gasteiger partial charge in [0.25, 0.3) is 0 Å². The van der Waals surface area contributed by atoms with E-state index in [0.29, 0.717) is 54.6 Å². The van der Waals surface area contributed by atoms with Crippen molar-refractivity contribution >= 4 is 56.5 Å². The van der Waals surface area contributed by atoms with Crippen LogP contribution >= 0.6 is 23.2 Å². The van der Waals surface area contributed by atoms with Gasteiger partial charge < -0.3 is 29.5 Å². The first-order chi connectivity index (χ1) is 21.7. The molecule has 0 aliphatic rings. The summed E-state index contributed by atoms with van der Waals surface area (Å²) in [7, 11) is 3.02. The van der Waals surface area contributed by atoms with Crippen molar-refractivity contribution in [3.05, 3.63) is 129 Å². The summed E-state index contributed by atoms with van der Waals surface area (Å²) in [5.41, 5.74) is 16.0. The number of nitrogens with two attached hydrogens (primary N) is 2. The van der Waals surface area contributed by atoms with E-state index in [1.165, 1.54) is 11.1 Å². The predicted octanol–water partition coefficient (Wildman–Crippen LogP) is 5.43. The smallest absolute Gasteiger partial charge is 0.216 e. The van der Waals surface area contributed by atoms with Gasteiger partial charge in [0.15, 0.2) is 0 Å². The quantitative estimate of drug-likeness (QED) is 0.0726. The number of anilines is 2. The van der Waals surface area contributed by atoms with Crippen molar-refractivity contribution in [3.8, 4) is 0 Å². The maximum Gasteiger partial charge on any atom is 0.216 e. The molecule has 252 valence electrons. The number of Topliss-reactive ketones (excluding diaryl/α,β-unsaturated/α-hetero) is 2. The highest BCUT2D eigenvalue weighted by Gasteiger charge is 2.23.